The lowest BCUT2D eigenvalue weighted by molar-refractivity contribution is 0.334. The summed E-state index contributed by atoms with van der Waals surface area (Å²) in [5.74, 6) is 0.918. The van der Waals surface area contributed by atoms with Gasteiger partial charge in [-0.2, -0.15) is 0 Å². The van der Waals surface area contributed by atoms with E-state index in [1.54, 1.807) is 0 Å². The van der Waals surface area contributed by atoms with Crippen LogP contribution in [0.5, 0.6) is 5.75 Å². The predicted octanol–water partition coefficient (Wildman–Crippen LogP) is 1.53. The van der Waals surface area contributed by atoms with E-state index in [0.29, 0.717) is 13.2 Å². The molecule has 88 valence electrons. The highest BCUT2D eigenvalue weighted by Crippen LogP contribution is 2.32. The van der Waals surface area contributed by atoms with Gasteiger partial charge in [0, 0.05) is 18.2 Å². The first-order valence-corrected chi connectivity index (χ1v) is 6.00. The second-order valence-electron chi connectivity index (χ2n) is 4.29. The summed E-state index contributed by atoms with van der Waals surface area (Å²) in [5.41, 5.74) is 15.5. The van der Waals surface area contributed by atoms with Crippen LogP contribution >= 0.6 is 0 Å². The van der Waals surface area contributed by atoms with Gasteiger partial charge in [-0.3, -0.25) is 0 Å². The fourth-order valence-electron chi connectivity index (χ4n) is 2.32. The molecule has 0 saturated carbocycles. The molecule has 1 aliphatic carbocycles. The van der Waals surface area contributed by atoms with Gasteiger partial charge in [-0.15, -0.1) is 0 Å². The van der Waals surface area contributed by atoms with Crippen molar-refractivity contribution in [3.8, 4) is 5.75 Å². The molecule has 1 aliphatic rings. The number of rotatable bonds is 4. The second-order valence-corrected chi connectivity index (χ2v) is 4.29. The van der Waals surface area contributed by atoms with Gasteiger partial charge in [0.1, 0.15) is 5.75 Å². The van der Waals surface area contributed by atoms with Crippen molar-refractivity contribution in [1.29, 1.82) is 0 Å². The van der Waals surface area contributed by atoms with E-state index in [-0.39, 0.29) is 6.04 Å². The van der Waals surface area contributed by atoms with Gasteiger partial charge in [0.2, 0.25) is 0 Å². The van der Waals surface area contributed by atoms with E-state index in [1.807, 2.05) is 6.92 Å². The molecule has 0 unspecified atom stereocenters. The van der Waals surface area contributed by atoms with Crippen molar-refractivity contribution in [1.82, 2.24) is 0 Å². The summed E-state index contributed by atoms with van der Waals surface area (Å²) in [6, 6.07) is 4.22. The third-order valence-corrected chi connectivity index (χ3v) is 3.18. The zero-order valence-electron chi connectivity index (χ0n) is 9.83. The molecule has 2 rings (SSSR count). The molecule has 0 saturated heterocycles. The molecule has 16 heavy (non-hydrogen) atoms. The van der Waals surface area contributed by atoms with Crippen molar-refractivity contribution >= 4 is 0 Å². The topological polar surface area (TPSA) is 61.3 Å². The quantitative estimate of drug-likeness (QED) is 0.809. The zero-order valence-corrected chi connectivity index (χ0v) is 9.83. The number of hydrogen-bond acceptors (Lipinski definition) is 3. The molecule has 0 aromatic heterocycles. The van der Waals surface area contributed by atoms with Crippen LogP contribution in [0.4, 0.5) is 0 Å². The van der Waals surface area contributed by atoms with Gasteiger partial charge in [-0.05, 0) is 43.4 Å². The van der Waals surface area contributed by atoms with Crippen LogP contribution in [0.1, 0.15) is 36.1 Å². The average Bonchev–Trinajstić information content (AvgIpc) is 2.74. The molecule has 0 heterocycles. The fourth-order valence-corrected chi connectivity index (χ4v) is 2.32. The van der Waals surface area contributed by atoms with E-state index in [4.69, 9.17) is 16.2 Å². The molecular weight excluding hydrogens is 200 g/mol. The van der Waals surface area contributed by atoms with Crippen molar-refractivity contribution in [2.45, 2.75) is 32.2 Å². The Labute approximate surface area is 96.8 Å². The highest BCUT2D eigenvalue weighted by molar-refractivity contribution is 5.46. The van der Waals surface area contributed by atoms with Gasteiger partial charge in [0.15, 0.2) is 0 Å². The maximum Gasteiger partial charge on any atom is 0.124 e. The number of nitrogens with two attached hydrogens (primary N) is 2. The fraction of sp³-hybridized carbons (Fsp3) is 0.538. The monoisotopic (exact) mass is 220 g/mol. The third-order valence-electron chi connectivity index (χ3n) is 3.18. The Hall–Kier alpha value is -1.06. The SMILES string of the molecule is CCOc1cc2c(cc1[C@@H](N)CN)CCC2. The van der Waals surface area contributed by atoms with E-state index in [9.17, 15) is 0 Å². The molecule has 0 fully saturated rings. The summed E-state index contributed by atoms with van der Waals surface area (Å²) in [4.78, 5) is 0. The molecule has 1 aromatic carbocycles. The zero-order chi connectivity index (χ0) is 11.5. The molecular formula is C13H20N2O. The summed E-state index contributed by atoms with van der Waals surface area (Å²) in [6.07, 6.45) is 3.56. The minimum absolute atomic E-state index is 0.118. The van der Waals surface area contributed by atoms with Gasteiger partial charge in [-0.25, -0.2) is 0 Å². The Morgan fingerprint density at radius 3 is 2.62 bits per heavy atom. The van der Waals surface area contributed by atoms with Gasteiger partial charge in [0.05, 0.1) is 6.61 Å². The number of aryl methyl sites for hydroxylation is 2. The summed E-state index contributed by atoms with van der Waals surface area (Å²) in [6.45, 7) is 3.12. The number of ether oxygens (including phenoxy) is 1. The molecule has 3 heteroatoms. The summed E-state index contributed by atoms with van der Waals surface area (Å²) in [5, 5.41) is 0. The smallest absolute Gasteiger partial charge is 0.124 e. The van der Waals surface area contributed by atoms with Crippen molar-refractivity contribution in [3.05, 3.63) is 28.8 Å². The van der Waals surface area contributed by atoms with E-state index >= 15 is 0 Å². The van der Waals surface area contributed by atoms with Gasteiger partial charge in [-0.1, -0.05) is 6.07 Å². The number of hydrogen-bond donors (Lipinski definition) is 2. The average molecular weight is 220 g/mol. The molecule has 0 bridgehead atoms. The van der Waals surface area contributed by atoms with Crippen LogP contribution in [0, 0.1) is 0 Å². The molecule has 0 spiro atoms. The van der Waals surface area contributed by atoms with Gasteiger partial charge in [0.25, 0.3) is 0 Å². The maximum absolute atomic E-state index is 6.01. The first kappa shape index (κ1) is 11.4. The van der Waals surface area contributed by atoms with Crippen LogP contribution in [0.2, 0.25) is 0 Å². The van der Waals surface area contributed by atoms with Crippen molar-refractivity contribution < 1.29 is 4.74 Å². The van der Waals surface area contributed by atoms with Gasteiger partial charge >= 0.3 is 0 Å². The lowest BCUT2D eigenvalue weighted by Crippen LogP contribution is -2.21. The highest BCUT2D eigenvalue weighted by atomic mass is 16.5. The van der Waals surface area contributed by atoms with Crippen LogP contribution in [-0.4, -0.2) is 13.2 Å². The Morgan fingerprint density at radius 1 is 1.31 bits per heavy atom. The molecule has 4 N–H and O–H groups in total. The lowest BCUT2D eigenvalue weighted by Gasteiger charge is -2.17. The Balaban J connectivity index is 2.40. The lowest BCUT2D eigenvalue weighted by atomic mass is 10.00. The van der Waals surface area contributed by atoms with E-state index in [1.165, 1.54) is 17.5 Å². The standard InChI is InChI=1S/C13H20N2O/c1-2-16-13-7-10-5-3-4-9(10)6-11(13)12(15)8-14/h6-7,12H,2-5,8,14-15H2,1H3/t12-/m0/s1. The first-order chi connectivity index (χ1) is 7.76. The minimum Gasteiger partial charge on any atom is -0.494 e. The Kier molecular flexibility index (Phi) is 3.46. The highest BCUT2D eigenvalue weighted by Gasteiger charge is 2.18. The largest absolute Gasteiger partial charge is 0.494 e. The number of fused-ring (bicyclic) bond motifs is 1. The molecule has 0 amide bonds. The Bertz CT molecular complexity index is 376. The van der Waals surface area contributed by atoms with Crippen LogP contribution in [0.15, 0.2) is 12.1 Å². The van der Waals surface area contributed by atoms with Crippen LogP contribution in [-0.2, 0) is 12.8 Å². The third kappa shape index (κ3) is 2.06. The maximum atomic E-state index is 6.01. The summed E-state index contributed by atoms with van der Waals surface area (Å²) < 4.78 is 5.65. The molecule has 0 radical (unpaired) electrons. The minimum atomic E-state index is -0.118. The molecule has 3 nitrogen and oxygen atoms in total. The summed E-state index contributed by atoms with van der Waals surface area (Å²) >= 11 is 0. The first-order valence-electron chi connectivity index (χ1n) is 6.00. The molecule has 1 aromatic rings. The molecule has 0 aliphatic heterocycles. The van der Waals surface area contributed by atoms with E-state index < -0.39 is 0 Å². The van der Waals surface area contributed by atoms with Crippen LogP contribution < -0.4 is 16.2 Å². The van der Waals surface area contributed by atoms with Crippen molar-refractivity contribution in [2.75, 3.05) is 13.2 Å². The van der Waals surface area contributed by atoms with Crippen LogP contribution in [0.25, 0.3) is 0 Å². The Morgan fingerprint density at radius 2 is 2.00 bits per heavy atom. The van der Waals surface area contributed by atoms with Crippen molar-refractivity contribution in [3.63, 3.8) is 0 Å². The summed E-state index contributed by atoms with van der Waals surface area (Å²) in [7, 11) is 0. The predicted molar refractivity (Wildman–Crippen MR) is 65.6 cm³/mol. The number of benzene rings is 1. The molecule has 1 atom stereocenters. The van der Waals surface area contributed by atoms with Gasteiger partial charge < -0.3 is 16.2 Å². The van der Waals surface area contributed by atoms with Crippen LogP contribution in [0.3, 0.4) is 0 Å². The second kappa shape index (κ2) is 4.85. The normalized spacial score (nSPS) is 15.9. The van der Waals surface area contributed by atoms with Crippen molar-refractivity contribution in [2.24, 2.45) is 11.5 Å². The van der Waals surface area contributed by atoms with E-state index in [2.05, 4.69) is 12.1 Å². The van der Waals surface area contributed by atoms with E-state index in [0.717, 1.165) is 24.2 Å².